The molecule has 2 fully saturated rings. The molecule has 0 bridgehead atoms. The summed E-state index contributed by atoms with van der Waals surface area (Å²) in [5.41, 5.74) is 0. The van der Waals surface area contributed by atoms with Crippen LogP contribution >= 0.6 is 0 Å². The van der Waals surface area contributed by atoms with Gasteiger partial charge in [-0.05, 0) is 51.5 Å². The number of amides is 1. The molecule has 0 radical (unpaired) electrons. The molecule has 0 aliphatic carbocycles. The van der Waals surface area contributed by atoms with Crippen LogP contribution in [0.4, 0.5) is 0 Å². The van der Waals surface area contributed by atoms with E-state index < -0.39 is 10.0 Å². The number of rotatable bonds is 9. The van der Waals surface area contributed by atoms with Crippen molar-refractivity contribution in [1.82, 2.24) is 14.5 Å². The summed E-state index contributed by atoms with van der Waals surface area (Å²) >= 11 is 0. The normalized spacial score (nSPS) is 25.9. The summed E-state index contributed by atoms with van der Waals surface area (Å²) in [6.07, 6.45) is 8.26. The molecule has 2 atom stereocenters. The third-order valence-electron chi connectivity index (χ3n) is 5.75. The first-order valence-corrected chi connectivity index (χ1v) is 12.1. The zero-order chi connectivity index (χ0) is 19.0. The van der Waals surface area contributed by atoms with E-state index in [2.05, 4.69) is 17.1 Å². The quantitative estimate of drug-likeness (QED) is 0.616. The third kappa shape index (κ3) is 6.20. The van der Waals surface area contributed by atoms with E-state index in [4.69, 9.17) is 0 Å². The second kappa shape index (κ2) is 10.6. The fourth-order valence-electron chi connectivity index (χ4n) is 4.25. The maximum absolute atomic E-state index is 12.5. The van der Waals surface area contributed by atoms with Gasteiger partial charge in [0.25, 0.3) is 0 Å². The van der Waals surface area contributed by atoms with Crippen molar-refractivity contribution in [3.05, 3.63) is 0 Å². The smallest absolute Gasteiger partial charge is 0.224 e. The largest absolute Gasteiger partial charge is 0.356 e. The first-order valence-electron chi connectivity index (χ1n) is 10.5. The van der Waals surface area contributed by atoms with E-state index in [0.29, 0.717) is 32.1 Å². The van der Waals surface area contributed by atoms with Crippen LogP contribution in [0.5, 0.6) is 0 Å². The highest BCUT2D eigenvalue weighted by Crippen LogP contribution is 2.21. The Balaban J connectivity index is 1.72. The van der Waals surface area contributed by atoms with Gasteiger partial charge in [0, 0.05) is 32.2 Å². The predicted octanol–water partition coefficient (Wildman–Crippen LogP) is 2.21. The molecule has 0 spiro atoms. The van der Waals surface area contributed by atoms with E-state index >= 15 is 0 Å². The molecule has 0 aromatic heterocycles. The summed E-state index contributed by atoms with van der Waals surface area (Å²) in [5, 5.41) is 3.04. The van der Waals surface area contributed by atoms with Crippen molar-refractivity contribution in [2.45, 2.75) is 71.3 Å². The van der Waals surface area contributed by atoms with Crippen molar-refractivity contribution < 1.29 is 13.2 Å². The summed E-state index contributed by atoms with van der Waals surface area (Å²) in [5.74, 6) is -0.00342. The molecule has 26 heavy (non-hydrogen) atoms. The summed E-state index contributed by atoms with van der Waals surface area (Å²) < 4.78 is 26.0. The molecule has 1 amide bonds. The Labute approximate surface area is 159 Å². The predicted molar refractivity (Wildman–Crippen MR) is 106 cm³/mol. The second-order valence-corrected chi connectivity index (χ2v) is 9.84. The molecule has 7 heteroatoms. The number of sulfonamides is 1. The van der Waals surface area contributed by atoms with Crippen molar-refractivity contribution >= 4 is 15.9 Å². The monoisotopic (exact) mass is 387 g/mol. The fourth-order valence-corrected chi connectivity index (χ4v) is 5.84. The lowest BCUT2D eigenvalue weighted by Gasteiger charge is -2.35. The molecule has 1 N–H and O–H groups in total. The van der Waals surface area contributed by atoms with Gasteiger partial charge < -0.3 is 10.2 Å². The number of carbonyl (C=O) groups excluding carboxylic acids is 1. The van der Waals surface area contributed by atoms with Crippen molar-refractivity contribution in [3.63, 3.8) is 0 Å². The molecule has 2 aliphatic rings. The molecule has 0 aromatic rings. The van der Waals surface area contributed by atoms with Gasteiger partial charge in [-0.1, -0.05) is 20.3 Å². The van der Waals surface area contributed by atoms with Crippen LogP contribution in [-0.2, 0) is 14.8 Å². The standard InChI is InChI=1S/C19H37N3O3S/c1-3-15-26(24,25)22-14-7-9-17(16-22)19(23)20-11-8-13-21-12-6-5-10-18(21)4-2/h17-18H,3-16H2,1-2H3,(H,20,23)/t17-,18-/m1/s1. The maximum atomic E-state index is 12.5. The number of carbonyl (C=O) groups is 1. The molecule has 2 saturated heterocycles. The topological polar surface area (TPSA) is 69.7 Å². The minimum absolute atomic E-state index is 0.0204. The van der Waals surface area contributed by atoms with Gasteiger partial charge in [-0.25, -0.2) is 12.7 Å². The van der Waals surface area contributed by atoms with E-state index in [1.54, 1.807) is 0 Å². The average molecular weight is 388 g/mol. The Bertz CT molecular complexity index is 538. The van der Waals surface area contributed by atoms with E-state index in [1.165, 1.54) is 36.5 Å². The van der Waals surface area contributed by atoms with Crippen LogP contribution in [-0.4, -0.2) is 68.0 Å². The highest BCUT2D eigenvalue weighted by molar-refractivity contribution is 7.89. The number of nitrogens with zero attached hydrogens (tertiary/aromatic N) is 2. The van der Waals surface area contributed by atoms with Crippen LogP contribution in [0.2, 0.25) is 0 Å². The number of piperidine rings is 2. The van der Waals surface area contributed by atoms with Gasteiger partial charge in [0.2, 0.25) is 15.9 Å². The highest BCUT2D eigenvalue weighted by atomic mass is 32.2. The summed E-state index contributed by atoms with van der Waals surface area (Å²) in [6, 6.07) is 0.704. The lowest BCUT2D eigenvalue weighted by molar-refractivity contribution is -0.126. The second-order valence-electron chi connectivity index (χ2n) is 7.75. The van der Waals surface area contributed by atoms with Gasteiger partial charge in [-0.2, -0.15) is 0 Å². The van der Waals surface area contributed by atoms with Crippen LogP contribution in [0, 0.1) is 5.92 Å². The molecule has 0 saturated carbocycles. The number of nitrogens with one attached hydrogen (secondary N) is 1. The van der Waals surface area contributed by atoms with Crippen LogP contribution in [0.15, 0.2) is 0 Å². The van der Waals surface area contributed by atoms with Crippen LogP contribution < -0.4 is 5.32 Å². The van der Waals surface area contributed by atoms with Gasteiger partial charge in [0.1, 0.15) is 0 Å². The molecule has 152 valence electrons. The van der Waals surface area contributed by atoms with Crippen LogP contribution in [0.1, 0.15) is 65.2 Å². The maximum Gasteiger partial charge on any atom is 0.224 e. The SMILES string of the molecule is CCCS(=O)(=O)N1CCC[C@@H](C(=O)NCCCN2CCCC[C@H]2CC)C1. The third-order valence-corrected chi connectivity index (χ3v) is 7.79. The minimum Gasteiger partial charge on any atom is -0.356 e. The lowest BCUT2D eigenvalue weighted by atomic mass is 9.98. The average Bonchev–Trinajstić information content (AvgIpc) is 2.65. The van der Waals surface area contributed by atoms with Gasteiger partial charge >= 0.3 is 0 Å². The van der Waals surface area contributed by atoms with Gasteiger partial charge in [-0.15, -0.1) is 0 Å². The Kier molecular flexibility index (Phi) is 8.84. The Morgan fingerprint density at radius 2 is 1.92 bits per heavy atom. The van der Waals surface area contributed by atoms with Gasteiger partial charge in [0.05, 0.1) is 11.7 Å². The van der Waals surface area contributed by atoms with Gasteiger partial charge in [0.15, 0.2) is 0 Å². The highest BCUT2D eigenvalue weighted by Gasteiger charge is 2.31. The van der Waals surface area contributed by atoms with E-state index in [-0.39, 0.29) is 17.6 Å². The van der Waals surface area contributed by atoms with E-state index in [9.17, 15) is 13.2 Å². The zero-order valence-electron chi connectivity index (χ0n) is 16.6. The summed E-state index contributed by atoms with van der Waals surface area (Å²) in [7, 11) is -3.20. The summed E-state index contributed by atoms with van der Waals surface area (Å²) in [6.45, 7) is 7.94. The van der Waals surface area contributed by atoms with Crippen molar-refractivity contribution in [2.24, 2.45) is 5.92 Å². The molecule has 2 rings (SSSR count). The zero-order valence-corrected chi connectivity index (χ0v) is 17.4. The molecule has 2 heterocycles. The fraction of sp³-hybridized carbons (Fsp3) is 0.947. The molecule has 2 aliphatic heterocycles. The van der Waals surface area contributed by atoms with Gasteiger partial charge in [-0.3, -0.25) is 4.79 Å². The molecule has 0 aromatic carbocycles. The van der Waals surface area contributed by atoms with Crippen molar-refractivity contribution in [3.8, 4) is 0 Å². The number of hydrogen-bond acceptors (Lipinski definition) is 4. The Morgan fingerprint density at radius 1 is 1.12 bits per heavy atom. The molecule has 6 nitrogen and oxygen atoms in total. The Morgan fingerprint density at radius 3 is 2.65 bits per heavy atom. The summed E-state index contributed by atoms with van der Waals surface area (Å²) in [4.78, 5) is 15.0. The minimum atomic E-state index is -3.20. The lowest BCUT2D eigenvalue weighted by Crippen LogP contribution is -2.46. The van der Waals surface area contributed by atoms with E-state index in [1.807, 2.05) is 6.92 Å². The molecular formula is C19H37N3O3S. The van der Waals surface area contributed by atoms with Crippen LogP contribution in [0.3, 0.4) is 0 Å². The Hall–Kier alpha value is -0.660. The number of hydrogen-bond donors (Lipinski definition) is 1. The first kappa shape index (κ1) is 21.6. The van der Waals surface area contributed by atoms with Crippen molar-refractivity contribution in [2.75, 3.05) is 38.5 Å². The molecule has 0 unspecified atom stereocenters. The number of likely N-dealkylation sites (tertiary alicyclic amines) is 1. The molecular weight excluding hydrogens is 350 g/mol. The van der Waals surface area contributed by atoms with Crippen LogP contribution in [0.25, 0.3) is 0 Å². The van der Waals surface area contributed by atoms with E-state index in [0.717, 1.165) is 25.8 Å². The van der Waals surface area contributed by atoms with Crippen molar-refractivity contribution in [1.29, 1.82) is 0 Å². The first-order chi connectivity index (χ1) is 12.5.